The molecule has 0 bridgehead atoms. The monoisotopic (exact) mass is 536 g/mol. The van der Waals surface area contributed by atoms with Gasteiger partial charge >= 0.3 is 12.1 Å². The van der Waals surface area contributed by atoms with Crippen molar-refractivity contribution in [1.29, 1.82) is 0 Å². The van der Waals surface area contributed by atoms with Crippen LogP contribution in [0.25, 0.3) is 0 Å². The standard InChI is InChI=1S/C24H20BrF3N2O4/c1-34-18-13-11-17(12-14-18)29(23(31)24(26,27)28)22(19-9-5-6-10-20(19)25)21(30(32)33)15-16-7-3-2-4-8-16/h2-14,21-22H,15H2,1H3/t21-,22-/m1/s1. The first-order valence-electron chi connectivity index (χ1n) is 10.1. The van der Waals surface area contributed by atoms with Gasteiger partial charge in [-0.3, -0.25) is 19.8 Å². The second-order valence-electron chi connectivity index (χ2n) is 7.38. The number of rotatable bonds is 8. The van der Waals surface area contributed by atoms with Crippen molar-refractivity contribution in [3.63, 3.8) is 0 Å². The molecule has 3 aromatic carbocycles. The summed E-state index contributed by atoms with van der Waals surface area (Å²) in [5.74, 6) is -1.85. The number of hydrogen-bond acceptors (Lipinski definition) is 4. The summed E-state index contributed by atoms with van der Waals surface area (Å²) in [6.45, 7) is 0. The quantitative estimate of drug-likeness (QED) is 0.262. The van der Waals surface area contributed by atoms with Crippen molar-refractivity contribution in [1.82, 2.24) is 0 Å². The molecule has 0 fully saturated rings. The first-order valence-corrected chi connectivity index (χ1v) is 10.9. The van der Waals surface area contributed by atoms with Crippen LogP contribution in [0.5, 0.6) is 5.75 Å². The average Bonchev–Trinajstić information content (AvgIpc) is 2.81. The molecule has 0 radical (unpaired) electrons. The molecule has 0 saturated carbocycles. The number of benzene rings is 3. The van der Waals surface area contributed by atoms with Crippen LogP contribution in [-0.4, -0.2) is 30.2 Å². The number of hydrogen-bond donors (Lipinski definition) is 0. The molecule has 0 unspecified atom stereocenters. The van der Waals surface area contributed by atoms with Crippen molar-refractivity contribution in [2.45, 2.75) is 24.7 Å². The first-order chi connectivity index (χ1) is 16.1. The molecule has 10 heteroatoms. The molecule has 1 amide bonds. The van der Waals surface area contributed by atoms with Gasteiger partial charge in [-0.15, -0.1) is 0 Å². The smallest absolute Gasteiger partial charge is 0.471 e. The fraction of sp³-hybridized carbons (Fsp3) is 0.208. The van der Waals surface area contributed by atoms with Crippen LogP contribution in [0.2, 0.25) is 0 Å². The van der Waals surface area contributed by atoms with Crippen molar-refractivity contribution in [2.75, 3.05) is 12.0 Å². The Hall–Kier alpha value is -3.40. The second kappa shape index (κ2) is 10.7. The molecule has 3 aromatic rings. The van der Waals surface area contributed by atoms with E-state index in [1.165, 1.54) is 37.4 Å². The van der Waals surface area contributed by atoms with Gasteiger partial charge in [-0.05, 0) is 41.5 Å². The zero-order valence-electron chi connectivity index (χ0n) is 17.9. The lowest BCUT2D eigenvalue weighted by atomic mass is 9.92. The minimum absolute atomic E-state index is 0.149. The highest BCUT2D eigenvalue weighted by molar-refractivity contribution is 9.10. The van der Waals surface area contributed by atoms with E-state index in [-0.39, 0.29) is 17.7 Å². The third-order valence-electron chi connectivity index (χ3n) is 5.24. The van der Waals surface area contributed by atoms with E-state index in [4.69, 9.17) is 4.74 Å². The van der Waals surface area contributed by atoms with Gasteiger partial charge in [0.25, 0.3) is 0 Å². The predicted octanol–water partition coefficient (Wildman–Crippen LogP) is 5.98. The Morgan fingerprint density at radius 1 is 1.03 bits per heavy atom. The van der Waals surface area contributed by atoms with Crippen molar-refractivity contribution in [3.05, 3.63) is 105 Å². The van der Waals surface area contributed by atoms with Crippen molar-refractivity contribution >= 4 is 27.5 Å². The number of anilines is 1. The second-order valence-corrected chi connectivity index (χ2v) is 8.23. The van der Waals surface area contributed by atoms with Crippen LogP contribution < -0.4 is 9.64 Å². The SMILES string of the molecule is COc1ccc(N(C(=O)C(F)(F)F)[C@H](c2ccccc2Br)[C@@H](Cc2ccccc2)[N+](=O)[O-])cc1. The van der Waals surface area contributed by atoms with Gasteiger partial charge in [-0.25, -0.2) is 0 Å². The van der Waals surface area contributed by atoms with Gasteiger partial charge in [0, 0.05) is 21.5 Å². The molecule has 0 aliphatic heterocycles. The highest BCUT2D eigenvalue weighted by atomic mass is 79.9. The molecule has 0 saturated heterocycles. The number of nitro groups is 1. The molecule has 0 heterocycles. The lowest BCUT2D eigenvalue weighted by Crippen LogP contribution is -2.49. The highest BCUT2D eigenvalue weighted by Gasteiger charge is 2.50. The minimum atomic E-state index is -5.27. The molecular weight excluding hydrogens is 517 g/mol. The van der Waals surface area contributed by atoms with Gasteiger partial charge < -0.3 is 4.74 Å². The summed E-state index contributed by atoms with van der Waals surface area (Å²) in [6, 6.07) is 16.8. The summed E-state index contributed by atoms with van der Waals surface area (Å²) in [4.78, 5) is 24.9. The summed E-state index contributed by atoms with van der Waals surface area (Å²) in [6.07, 6.45) is -5.47. The van der Waals surface area contributed by atoms with Crippen LogP contribution in [0.3, 0.4) is 0 Å². The number of methoxy groups -OCH3 is 1. The Morgan fingerprint density at radius 3 is 2.15 bits per heavy atom. The van der Waals surface area contributed by atoms with E-state index in [1.807, 2.05) is 0 Å². The van der Waals surface area contributed by atoms with E-state index >= 15 is 0 Å². The Balaban J connectivity index is 2.25. The average molecular weight is 537 g/mol. The Labute approximate surface area is 202 Å². The fourth-order valence-electron chi connectivity index (χ4n) is 3.67. The summed E-state index contributed by atoms with van der Waals surface area (Å²) < 4.78 is 46.8. The molecule has 0 aliphatic carbocycles. The third-order valence-corrected chi connectivity index (χ3v) is 5.96. The van der Waals surface area contributed by atoms with E-state index < -0.39 is 29.1 Å². The maximum absolute atomic E-state index is 13.8. The zero-order chi connectivity index (χ0) is 24.9. The molecule has 178 valence electrons. The van der Waals surface area contributed by atoms with Gasteiger partial charge in [0.2, 0.25) is 6.04 Å². The third kappa shape index (κ3) is 5.74. The maximum Gasteiger partial charge on any atom is 0.471 e. The molecular formula is C24H20BrF3N2O4. The summed E-state index contributed by atoms with van der Waals surface area (Å²) in [5, 5.41) is 12.3. The van der Waals surface area contributed by atoms with Crippen LogP contribution in [-0.2, 0) is 11.2 Å². The number of halogens is 4. The molecule has 0 spiro atoms. The molecule has 2 atom stereocenters. The summed E-state index contributed by atoms with van der Waals surface area (Å²) in [7, 11) is 1.39. The van der Waals surface area contributed by atoms with Gasteiger partial charge in [0.15, 0.2) is 0 Å². The summed E-state index contributed by atoms with van der Waals surface area (Å²) >= 11 is 3.30. The van der Waals surface area contributed by atoms with E-state index in [0.29, 0.717) is 20.7 Å². The number of carbonyl (C=O) groups is 1. The predicted molar refractivity (Wildman–Crippen MR) is 124 cm³/mol. The zero-order valence-corrected chi connectivity index (χ0v) is 19.5. The van der Waals surface area contributed by atoms with E-state index in [1.54, 1.807) is 48.5 Å². The molecule has 3 rings (SSSR count). The Bertz CT molecular complexity index is 1140. The molecule has 0 N–H and O–H groups in total. The van der Waals surface area contributed by atoms with Crippen LogP contribution in [0, 0.1) is 10.1 Å². The maximum atomic E-state index is 13.8. The topological polar surface area (TPSA) is 72.7 Å². The van der Waals surface area contributed by atoms with Crippen LogP contribution in [0.4, 0.5) is 18.9 Å². The molecule has 0 aliphatic rings. The number of amides is 1. The Morgan fingerprint density at radius 2 is 1.62 bits per heavy atom. The van der Waals surface area contributed by atoms with Crippen LogP contribution >= 0.6 is 15.9 Å². The molecule has 0 aromatic heterocycles. The lowest BCUT2D eigenvalue weighted by Gasteiger charge is -2.34. The van der Waals surface area contributed by atoms with Crippen molar-refractivity contribution in [3.8, 4) is 5.75 Å². The lowest BCUT2D eigenvalue weighted by molar-refractivity contribution is -0.526. The first kappa shape index (κ1) is 25.2. The van der Waals surface area contributed by atoms with Crippen molar-refractivity contribution in [2.24, 2.45) is 0 Å². The number of ether oxygens (including phenoxy) is 1. The van der Waals surface area contributed by atoms with Gasteiger partial charge in [-0.1, -0.05) is 64.5 Å². The van der Waals surface area contributed by atoms with Gasteiger partial charge in [0.05, 0.1) is 7.11 Å². The number of carbonyl (C=O) groups excluding carboxylic acids is 1. The van der Waals surface area contributed by atoms with E-state index in [9.17, 15) is 28.1 Å². The van der Waals surface area contributed by atoms with Gasteiger partial charge in [0.1, 0.15) is 11.8 Å². The van der Waals surface area contributed by atoms with E-state index in [0.717, 1.165) is 0 Å². The molecule has 34 heavy (non-hydrogen) atoms. The minimum Gasteiger partial charge on any atom is -0.497 e. The van der Waals surface area contributed by atoms with Crippen LogP contribution in [0.1, 0.15) is 17.2 Å². The Kier molecular flexibility index (Phi) is 7.93. The number of alkyl halides is 3. The fourth-order valence-corrected chi connectivity index (χ4v) is 4.19. The largest absolute Gasteiger partial charge is 0.497 e. The molecule has 6 nitrogen and oxygen atoms in total. The normalized spacial score (nSPS) is 13.1. The highest BCUT2D eigenvalue weighted by Crippen LogP contribution is 2.39. The van der Waals surface area contributed by atoms with E-state index in [2.05, 4.69) is 15.9 Å². The van der Waals surface area contributed by atoms with Gasteiger partial charge in [-0.2, -0.15) is 13.2 Å². The van der Waals surface area contributed by atoms with Crippen molar-refractivity contribution < 1.29 is 27.6 Å². The number of nitrogens with zero attached hydrogens (tertiary/aromatic N) is 2. The summed E-state index contributed by atoms with van der Waals surface area (Å²) in [5.41, 5.74) is 0.577. The van der Waals surface area contributed by atoms with Crippen LogP contribution in [0.15, 0.2) is 83.3 Å².